The Morgan fingerprint density at radius 3 is 2.57 bits per heavy atom. The third-order valence-electron chi connectivity index (χ3n) is 4.25. The molecule has 0 radical (unpaired) electrons. The summed E-state index contributed by atoms with van der Waals surface area (Å²) in [6.45, 7) is 3.62. The average molecular weight is 450 g/mol. The van der Waals surface area contributed by atoms with Gasteiger partial charge in [0.05, 0.1) is 23.0 Å². The average Bonchev–Trinajstić information content (AvgIpc) is 3.14. The van der Waals surface area contributed by atoms with E-state index < -0.39 is 10.0 Å². The zero-order valence-electron chi connectivity index (χ0n) is 16.6. The summed E-state index contributed by atoms with van der Waals surface area (Å²) in [5.41, 5.74) is 1.03. The highest BCUT2D eigenvalue weighted by Crippen LogP contribution is 2.23. The van der Waals surface area contributed by atoms with E-state index in [9.17, 15) is 13.2 Å². The highest BCUT2D eigenvalue weighted by atomic mass is 32.2. The maximum atomic E-state index is 12.3. The van der Waals surface area contributed by atoms with Gasteiger partial charge in [0.2, 0.25) is 10.0 Å². The molecule has 0 atom stereocenters. The second-order valence-corrected chi connectivity index (χ2v) is 8.75. The Hall–Kier alpha value is -2.70. The summed E-state index contributed by atoms with van der Waals surface area (Å²) >= 11 is 1.45. The van der Waals surface area contributed by atoms with Crippen molar-refractivity contribution in [3.8, 4) is 0 Å². The molecule has 0 spiro atoms. The Bertz CT molecular complexity index is 1140. The largest absolute Gasteiger partial charge is 0.369 e. The molecule has 160 valence electrons. The van der Waals surface area contributed by atoms with Crippen LogP contribution in [0.5, 0.6) is 0 Å². The second-order valence-electron chi connectivity index (χ2n) is 6.42. The van der Waals surface area contributed by atoms with E-state index in [1.54, 1.807) is 10.9 Å². The minimum absolute atomic E-state index is 0.0428. The van der Waals surface area contributed by atoms with E-state index in [2.05, 4.69) is 32.6 Å². The molecule has 30 heavy (non-hydrogen) atoms. The van der Waals surface area contributed by atoms with Crippen LogP contribution < -0.4 is 15.8 Å². The molecule has 1 aromatic carbocycles. The van der Waals surface area contributed by atoms with E-state index in [0.717, 1.165) is 24.2 Å². The number of thioether (sulfide) groups is 1. The lowest BCUT2D eigenvalue weighted by Crippen LogP contribution is -2.27. The number of benzene rings is 1. The minimum Gasteiger partial charge on any atom is -0.369 e. The Morgan fingerprint density at radius 1 is 1.20 bits per heavy atom. The highest BCUT2D eigenvalue weighted by Gasteiger charge is 2.13. The molecule has 2 aromatic heterocycles. The van der Waals surface area contributed by atoms with Crippen LogP contribution in [0.25, 0.3) is 11.0 Å². The summed E-state index contributed by atoms with van der Waals surface area (Å²) in [6.07, 6.45) is 4.59. The molecule has 3 rings (SSSR count). The predicted molar refractivity (Wildman–Crippen MR) is 116 cm³/mol. The van der Waals surface area contributed by atoms with Crippen molar-refractivity contribution in [2.75, 3.05) is 24.7 Å². The highest BCUT2D eigenvalue weighted by molar-refractivity contribution is 7.98. The van der Waals surface area contributed by atoms with E-state index in [1.165, 1.54) is 36.0 Å². The van der Waals surface area contributed by atoms with Crippen LogP contribution in [0.1, 0.15) is 23.7 Å². The van der Waals surface area contributed by atoms with Gasteiger partial charge in [-0.3, -0.25) is 4.79 Å². The normalized spacial score (nSPS) is 11.6. The standard InChI is InChI=1S/C18H23N7O3S2/c1-3-8-20-15-14-11-22-25(16(14)24-18(23-15)29-2)10-9-21-17(26)12-4-6-13(7-5-12)30(19,27)28/h4-7,11H,3,8-10H2,1-2H3,(H,21,26)(H2,19,27,28)(H,20,23,24). The number of hydrogen-bond acceptors (Lipinski definition) is 8. The Kier molecular flexibility index (Phi) is 6.90. The van der Waals surface area contributed by atoms with Gasteiger partial charge in [0.15, 0.2) is 10.8 Å². The number of nitrogens with one attached hydrogen (secondary N) is 2. The van der Waals surface area contributed by atoms with Gasteiger partial charge in [-0.15, -0.1) is 0 Å². The number of aromatic nitrogens is 4. The first kappa shape index (κ1) is 22.0. The van der Waals surface area contributed by atoms with Crippen LogP contribution in [0.4, 0.5) is 5.82 Å². The Labute approximate surface area is 178 Å². The molecule has 10 nitrogen and oxygen atoms in total. The molecule has 1 amide bonds. The smallest absolute Gasteiger partial charge is 0.251 e. The van der Waals surface area contributed by atoms with Crippen molar-refractivity contribution in [1.82, 2.24) is 25.1 Å². The maximum absolute atomic E-state index is 12.3. The van der Waals surface area contributed by atoms with Gasteiger partial charge in [-0.05, 0) is 36.9 Å². The molecule has 0 bridgehead atoms. The summed E-state index contributed by atoms with van der Waals surface area (Å²) < 4.78 is 24.3. The number of nitrogens with two attached hydrogens (primary N) is 1. The van der Waals surface area contributed by atoms with Crippen LogP contribution in [0.2, 0.25) is 0 Å². The molecule has 0 unspecified atom stereocenters. The molecule has 0 aliphatic rings. The lowest BCUT2D eigenvalue weighted by Gasteiger charge is -2.09. The van der Waals surface area contributed by atoms with Gasteiger partial charge < -0.3 is 10.6 Å². The van der Waals surface area contributed by atoms with Crippen LogP contribution in [-0.2, 0) is 16.6 Å². The molecule has 0 saturated carbocycles. The van der Waals surface area contributed by atoms with Crippen molar-refractivity contribution < 1.29 is 13.2 Å². The first-order valence-electron chi connectivity index (χ1n) is 9.26. The van der Waals surface area contributed by atoms with Crippen LogP contribution in [0.15, 0.2) is 40.5 Å². The first-order valence-corrected chi connectivity index (χ1v) is 12.0. The summed E-state index contributed by atoms with van der Waals surface area (Å²) in [7, 11) is -3.79. The SMILES string of the molecule is CCCNc1nc(SC)nc2c1cnn2CCNC(=O)c1ccc(S(N)(=O)=O)cc1. The molecule has 0 saturated heterocycles. The Balaban J connectivity index is 1.69. The quantitative estimate of drug-likeness (QED) is 0.329. The molecule has 2 heterocycles. The van der Waals surface area contributed by atoms with Crippen LogP contribution in [0, 0.1) is 0 Å². The van der Waals surface area contributed by atoms with Gasteiger partial charge in [0.1, 0.15) is 5.82 Å². The van der Waals surface area contributed by atoms with Crippen molar-refractivity contribution in [2.24, 2.45) is 5.14 Å². The van der Waals surface area contributed by atoms with E-state index in [-0.39, 0.29) is 10.8 Å². The monoisotopic (exact) mass is 449 g/mol. The van der Waals surface area contributed by atoms with Gasteiger partial charge in [-0.25, -0.2) is 28.2 Å². The second kappa shape index (κ2) is 9.41. The fourth-order valence-electron chi connectivity index (χ4n) is 2.74. The van der Waals surface area contributed by atoms with Crippen molar-refractivity contribution >= 4 is 44.5 Å². The zero-order chi connectivity index (χ0) is 21.7. The van der Waals surface area contributed by atoms with Gasteiger partial charge in [-0.2, -0.15) is 5.10 Å². The number of rotatable bonds is 9. The summed E-state index contributed by atoms with van der Waals surface area (Å²) in [5.74, 6) is 0.425. The lowest BCUT2D eigenvalue weighted by atomic mass is 10.2. The lowest BCUT2D eigenvalue weighted by molar-refractivity contribution is 0.0952. The number of carbonyl (C=O) groups is 1. The van der Waals surface area contributed by atoms with Gasteiger partial charge in [0.25, 0.3) is 5.91 Å². The minimum atomic E-state index is -3.79. The molecule has 0 aliphatic heterocycles. The number of sulfonamides is 1. The molecule has 12 heteroatoms. The van der Waals surface area contributed by atoms with Crippen molar-refractivity contribution in [1.29, 1.82) is 0 Å². The number of amides is 1. The molecular weight excluding hydrogens is 426 g/mol. The number of hydrogen-bond donors (Lipinski definition) is 3. The van der Waals surface area contributed by atoms with Crippen LogP contribution in [0.3, 0.4) is 0 Å². The zero-order valence-corrected chi connectivity index (χ0v) is 18.3. The summed E-state index contributed by atoms with van der Waals surface area (Å²) in [5, 5.41) is 17.0. The molecule has 3 aromatic rings. The summed E-state index contributed by atoms with van der Waals surface area (Å²) in [6, 6.07) is 5.44. The summed E-state index contributed by atoms with van der Waals surface area (Å²) in [4.78, 5) is 21.3. The van der Waals surface area contributed by atoms with Gasteiger partial charge >= 0.3 is 0 Å². The fourth-order valence-corrected chi connectivity index (χ4v) is 3.62. The van der Waals surface area contributed by atoms with Crippen molar-refractivity contribution in [3.63, 3.8) is 0 Å². The van der Waals surface area contributed by atoms with Crippen LogP contribution >= 0.6 is 11.8 Å². The van der Waals surface area contributed by atoms with Gasteiger partial charge in [0, 0.05) is 18.7 Å². The topological polar surface area (TPSA) is 145 Å². The number of nitrogens with zero attached hydrogens (tertiary/aromatic N) is 4. The van der Waals surface area contributed by atoms with E-state index in [4.69, 9.17) is 5.14 Å². The Morgan fingerprint density at radius 2 is 1.93 bits per heavy atom. The first-order chi connectivity index (χ1) is 14.3. The molecule has 0 aliphatic carbocycles. The molecular formula is C18H23N7O3S2. The van der Waals surface area contributed by atoms with Crippen molar-refractivity contribution in [2.45, 2.75) is 29.9 Å². The number of carbonyl (C=O) groups excluding carboxylic acids is 1. The maximum Gasteiger partial charge on any atom is 0.251 e. The molecule has 0 fully saturated rings. The van der Waals surface area contributed by atoms with Crippen LogP contribution in [-0.4, -0.2) is 53.4 Å². The number of primary sulfonamides is 1. The fraction of sp³-hybridized carbons (Fsp3) is 0.333. The van der Waals surface area contributed by atoms with E-state index in [0.29, 0.717) is 29.5 Å². The molecule has 4 N–H and O–H groups in total. The number of anilines is 1. The predicted octanol–water partition coefficient (Wildman–Crippen LogP) is 1.45. The van der Waals surface area contributed by atoms with E-state index in [1.807, 2.05) is 6.26 Å². The number of fused-ring (bicyclic) bond motifs is 1. The van der Waals surface area contributed by atoms with Gasteiger partial charge in [-0.1, -0.05) is 18.7 Å². The third-order valence-corrected chi connectivity index (χ3v) is 5.73. The van der Waals surface area contributed by atoms with E-state index >= 15 is 0 Å². The van der Waals surface area contributed by atoms with Crippen molar-refractivity contribution in [3.05, 3.63) is 36.0 Å². The third kappa shape index (κ3) is 5.07.